The van der Waals surface area contributed by atoms with E-state index < -0.39 is 0 Å². The smallest absolute Gasteiger partial charge is 0.00262 e. The second kappa shape index (κ2) is 12.5. The second-order valence-electron chi connectivity index (χ2n) is 13.6. The molecule has 0 bridgehead atoms. The van der Waals surface area contributed by atoms with Gasteiger partial charge in [0.2, 0.25) is 0 Å². The minimum atomic E-state index is 1.21. The van der Waals surface area contributed by atoms with Crippen molar-refractivity contribution in [1.82, 2.24) is 0 Å². The Labute approximate surface area is 303 Å². The summed E-state index contributed by atoms with van der Waals surface area (Å²) in [5.41, 5.74) is 12.4. The highest BCUT2D eigenvalue weighted by Gasteiger charge is 2.19. The van der Waals surface area contributed by atoms with Crippen molar-refractivity contribution in [3.05, 3.63) is 206 Å². The molecule has 0 aliphatic rings. The van der Waals surface area contributed by atoms with E-state index in [1.54, 1.807) is 0 Å². The van der Waals surface area contributed by atoms with E-state index in [9.17, 15) is 0 Å². The van der Waals surface area contributed by atoms with Crippen LogP contribution < -0.4 is 0 Å². The van der Waals surface area contributed by atoms with Crippen molar-refractivity contribution in [3.8, 4) is 55.6 Å². The first-order chi connectivity index (χ1) is 25.8. The molecule has 0 spiro atoms. The lowest BCUT2D eigenvalue weighted by atomic mass is 9.84. The van der Waals surface area contributed by atoms with Crippen LogP contribution in [-0.4, -0.2) is 0 Å². The van der Waals surface area contributed by atoms with Gasteiger partial charge in [-0.1, -0.05) is 194 Å². The highest BCUT2D eigenvalue weighted by atomic mass is 14.2. The van der Waals surface area contributed by atoms with Crippen LogP contribution in [0.1, 0.15) is 0 Å². The number of rotatable bonds is 5. The van der Waals surface area contributed by atoms with Gasteiger partial charge in [0.25, 0.3) is 0 Å². The predicted molar refractivity (Wildman–Crippen MR) is 224 cm³/mol. The molecule has 0 radical (unpaired) electrons. The molecule has 0 amide bonds. The molecule has 0 aliphatic carbocycles. The molecule has 0 aromatic heterocycles. The van der Waals surface area contributed by atoms with Crippen molar-refractivity contribution in [2.45, 2.75) is 0 Å². The Balaban J connectivity index is 1.22. The van der Waals surface area contributed by atoms with Gasteiger partial charge >= 0.3 is 0 Å². The van der Waals surface area contributed by atoms with E-state index in [2.05, 4.69) is 206 Å². The quantitative estimate of drug-likeness (QED) is 0.161. The summed E-state index contributed by atoms with van der Waals surface area (Å²) in [5.74, 6) is 0. The maximum Gasteiger partial charge on any atom is -0.00262 e. The van der Waals surface area contributed by atoms with Crippen LogP contribution in [-0.2, 0) is 0 Å². The maximum absolute atomic E-state index is 2.44. The molecule has 0 unspecified atom stereocenters. The zero-order valence-electron chi connectivity index (χ0n) is 28.6. The Morgan fingerprint density at radius 3 is 1.40 bits per heavy atom. The van der Waals surface area contributed by atoms with Gasteiger partial charge in [-0.2, -0.15) is 0 Å². The van der Waals surface area contributed by atoms with Crippen LogP contribution in [0.15, 0.2) is 206 Å². The molecular formula is C52H34. The summed E-state index contributed by atoms with van der Waals surface area (Å²) in [5, 5.41) is 10.1. The summed E-state index contributed by atoms with van der Waals surface area (Å²) in [6, 6.07) is 75.6. The van der Waals surface area contributed by atoms with E-state index >= 15 is 0 Å². The molecule has 0 atom stereocenters. The first-order valence-electron chi connectivity index (χ1n) is 18.0. The van der Waals surface area contributed by atoms with Gasteiger partial charge in [0.05, 0.1) is 0 Å². The van der Waals surface area contributed by atoms with E-state index in [0.717, 1.165) is 0 Å². The monoisotopic (exact) mass is 658 g/mol. The second-order valence-corrected chi connectivity index (χ2v) is 13.6. The zero-order valence-corrected chi connectivity index (χ0v) is 28.6. The third-order valence-electron chi connectivity index (χ3n) is 10.6. The van der Waals surface area contributed by atoms with Gasteiger partial charge in [-0.05, 0) is 111 Å². The van der Waals surface area contributed by atoms with Crippen molar-refractivity contribution in [3.63, 3.8) is 0 Å². The summed E-state index contributed by atoms with van der Waals surface area (Å²) in [7, 11) is 0. The van der Waals surface area contributed by atoms with Crippen LogP contribution in [0.5, 0.6) is 0 Å². The van der Waals surface area contributed by atoms with Gasteiger partial charge < -0.3 is 0 Å². The molecule has 0 heterocycles. The first-order valence-corrected chi connectivity index (χ1v) is 18.0. The van der Waals surface area contributed by atoms with Crippen LogP contribution in [0.25, 0.3) is 98.7 Å². The molecule has 0 saturated heterocycles. The molecule has 10 aromatic carbocycles. The molecule has 0 N–H and O–H groups in total. The van der Waals surface area contributed by atoms with Crippen molar-refractivity contribution in [2.75, 3.05) is 0 Å². The zero-order chi connectivity index (χ0) is 34.4. The third kappa shape index (κ3) is 5.08. The summed E-state index contributed by atoms with van der Waals surface area (Å²) in [4.78, 5) is 0. The van der Waals surface area contributed by atoms with Crippen molar-refractivity contribution < 1.29 is 0 Å². The highest BCUT2D eigenvalue weighted by Crippen LogP contribution is 2.46. The lowest BCUT2D eigenvalue weighted by molar-refractivity contribution is 1.62. The first kappa shape index (κ1) is 30.1. The molecule has 52 heavy (non-hydrogen) atoms. The topological polar surface area (TPSA) is 0 Å². The summed E-state index contributed by atoms with van der Waals surface area (Å²) >= 11 is 0. The Hall–Kier alpha value is -6.76. The standard InChI is InChI=1S/C52H34/c1-3-14-37(15-4-1)44-23-11-19-39-20-12-24-45(50(39)44)43-31-32-48-49(34-43)52(38-16-5-2-6-17-38)47-22-10-9-21-46(47)51(48)40-28-25-36(26-29-40)42-30-27-35-13-7-8-18-41(35)33-42/h1-34H. The minimum absolute atomic E-state index is 1.21. The van der Waals surface area contributed by atoms with Crippen LogP contribution in [0.2, 0.25) is 0 Å². The fourth-order valence-electron chi connectivity index (χ4n) is 8.21. The molecule has 10 rings (SSSR count). The fraction of sp³-hybridized carbons (Fsp3) is 0. The molecular weight excluding hydrogens is 625 g/mol. The van der Waals surface area contributed by atoms with E-state index in [1.807, 2.05) is 0 Å². The lowest BCUT2D eigenvalue weighted by Gasteiger charge is -2.19. The van der Waals surface area contributed by atoms with Crippen LogP contribution >= 0.6 is 0 Å². The third-order valence-corrected chi connectivity index (χ3v) is 10.6. The molecule has 0 saturated carbocycles. The van der Waals surface area contributed by atoms with Crippen LogP contribution in [0.4, 0.5) is 0 Å². The SMILES string of the molecule is c1ccc(-c2c3ccccc3c(-c3ccc(-c4ccc5ccccc5c4)cc3)c3ccc(-c4cccc5cccc(-c6ccccc6)c45)cc23)cc1. The van der Waals surface area contributed by atoms with Crippen molar-refractivity contribution >= 4 is 43.1 Å². The Kier molecular flexibility index (Phi) is 7.25. The van der Waals surface area contributed by atoms with Gasteiger partial charge in [0, 0.05) is 0 Å². The molecule has 10 aromatic rings. The molecule has 0 aliphatic heterocycles. The van der Waals surface area contributed by atoms with E-state index in [1.165, 1.54) is 98.7 Å². The summed E-state index contributed by atoms with van der Waals surface area (Å²) in [6.45, 7) is 0. The fourth-order valence-corrected chi connectivity index (χ4v) is 8.21. The van der Waals surface area contributed by atoms with Crippen molar-refractivity contribution in [2.24, 2.45) is 0 Å². The number of benzene rings is 10. The molecule has 0 heteroatoms. The summed E-state index contributed by atoms with van der Waals surface area (Å²) < 4.78 is 0. The number of hydrogen-bond acceptors (Lipinski definition) is 0. The van der Waals surface area contributed by atoms with Gasteiger partial charge in [-0.25, -0.2) is 0 Å². The maximum atomic E-state index is 2.44. The van der Waals surface area contributed by atoms with Gasteiger partial charge in [-0.15, -0.1) is 0 Å². The van der Waals surface area contributed by atoms with E-state index in [0.29, 0.717) is 0 Å². The largest absolute Gasteiger partial charge is 0.0622 e. The molecule has 0 nitrogen and oxygen atoms in total. The normalized spacial score (nSPS) is 11.5. The number of fused-ring (bicyclic) bond motifs is 4. The van der Waals surface area contributed by atoms with E-state index in [-0.39, 0.29) is 0 Å². The van der Waals surface area contributed by atoms with Crippen LogP contribution in [0, 0.1) is 0 Å². The Morgan fingerprint density at radius 1 is 0.212 bits per heavy atom. The highest BCUT2D eigenvalue weighted by molar-refractivity contribution is 6.22. The van der Waals surface area contributed by atoms with Gasteiger partial charge in [0.15, 0.2) is 0 Å². The average Bonchev–Trinajstić information content (AvgIpc) is 3.22. The van der Waals surface area contributed by atoms with E-state index in [4.69, 9.17) is 0 Å². The predicted octanol–water partition coefficient (Wildman–Crippen LogP) is 14.6. The Morgan fingerprint density at radius 2 is 0.692 bits per heavy atom. The average molecular weight is 659 g/mol. The van der Waals surface area contributed by atoms with Crippen LogP contribution in [0.3, 0.4) is 0 Å². The molecule has 0 fully saturated rings. The lowest BCUT2D eigenvalue weighted by Crippen LogP contribution is -1.92. The summed E-state index contributed by atoms with van der Waals surface area (Å²) in [6.07, 6.45) is 0. The van der Waals surface area contributed by atoms with Gasteiger partial charge in [0.1, 0.15) is 0 Å². The Bertz CT molecular complexity index is 2910. The molecule has 242 valence electrons. The van der Waals surface area contributed by atoms with Gasteiger partial charge in [-0.3, -0.25) is 0 Å². The minimum Gasteiger partial charge on any atom is -0.0622 e. The van der Waals surface area contributed by atoms with Crippen molar-refractivity contribution in [1.29, 1.82) is 0 Å². The number of hydrogen-bond donors (Lipinski definition) is 0.